The minimum atomic E-state index is -0.0187. The van der Waals surface area contributed by atoms with Crippen molar-refractivity contribution in [2.75, 3.05) is 39.5 Å². The molecular weight excluding hydrogens is 360 g/mol. The maximum atomic E-state index is 12.9. The fourth-order valence-corrected chi connectivity index (χ4v) is 4.27. The van der Waals surface area contributed by atoms with Crippen molar-refractivity contribution in [1.82, 2.24) is 10.2 Å². The van der Waals surface area contributed by atoms with E-state index in [1.165, 1.54) is 6.92 Å². The highest BCUT2D eigenvalue weighted by atomic mass is 16.6. The van der Waals surface area contributed by atoms with Crippen LogP contribution in [-0.2, 0) is 9.53 Å². The molecule has 2 fully saturated rings. The second-order valence-electron chi connectivity index (χ2n) is 8.06. The summed E-state index contributed by atoms with van der Waals surface area (Å²) in [6, 6.07) is 5.42. The Bertz CT molecular complexity index is 732. The van der Waals surface area contributed by atoms with Gasteiger partial charge in [0, 0.05) is 32.1 Å². The van der Waals surface area contributed by atoms with E-state index >= 15 is 0 Å². The monoisotopic (exact) mass is 388 g/mol. The van der Waals surface area contributed by atoms with Crippen molar-refractivity contribution in [2.45, 2.75) is 38.7 Å². The van der Waals surface area contributed by atoms with Gasteiger partial charge in [0.2, 0.25) is 5.91 Å². The molecule has 1 N–H and O–H groups in total. The van der Waals surface area contributed by atoms with E-state index in [0.717, 1.165) is 38.8 Å². The Balaban J connectivity index is 1.31. The molecule has 1 unspecified atom stereocenters. The molecule has 2 saturated heterocycles. The Morgan fingerprint density at radius 1 is 1.14 bits per heavy atom. The second-order valence-corrected chi connectivity index (χ2v) is 8.06. The van der Waals surface area contributed by atoms with Crippen LogP contribution in [0.5, 0.6) is 11.5 Å². The van der Waals surface area contributed by atoms with Crippen LogP contribution >= 0.6 is 0 Å². The molecule has 4 rings (SSSR count). The van der Waals surface area contributed by atoms with Crippen LogP contribution in [0.2, 0.25) is 0 Å². The van der Waals surface area contributed by atoms with Gasteiger partial charge in [-0.1, -0.05) is 0 Å². The highest BCUT2D eigenvalue weighted by molar-refractivity contribution is 5.95. The lowest BCUT2D eigenvalue weighted by molar-refractivity contribution is -0.121. The summed E-state index contributed by atoms with van der Waals surface area (Å²) >= 11 is 0. The highest BCUT2D eigenvalue weighted by Crippen LogP contribution is 2.41. The van der Waals surface area contributed by atoms with Crippen molar-refractivity contribution in [3.63, 3.8) is 0 Å². The van der Waals surface area contributed by atoms with Gasteiger partial charge in [0.15, 0.2) is 11.5 Å². The number of fused-ring (bicyclic) bond motifs is 1. The standard InChI is InChI=1S/C21H28N2O5/c1-15(24)22-13-17-4-5-21(14-28-17)6-8-23(9-7-21)20(25)16-2-3-18-19(12-16)27-11-10-26-18/h2-3,12,17H,4-11,13-14H2,1H3,(H,22,24). The lowest BCUT2D eigenvalue weighted by Gasteiger charge is -2.45. The molecule has 0 bridgehead atoms. The summed E-state index contributed by atoms with van der Waals surface area (Å²) in [6.45, 7) is 5.37. The second kappa shape index (κ2) is 7.99. The normalized spacial score (nSPS) is 23.3. The molecule has 28 heavy (non-hydrogen) atoms. The number of likely N-dealkylation sites (tertiary alicyclic amines) is 1. The molecule has 152 valence electrons. The molecule has 0 aliphatic carbocycles. The van der Waals surface area contributed by atoms with Gasteiger partial charge in [-0.2, -0.15) is 0 Å². The Hall–Kier alpha value is -2.28. The number of carbonyl (C=O) groups excluding carboxylic acids is 2. The Morgan fingerprint density at radius 2 is 1.89 bits per heavy atom. The largest absolute Gasteiger partial charge is 0.486 e. The number of piperidine rings is 1. The van der Waals surface area contributed by atoms with Crippen LogP contribution in [0.4, 0.5) is 0 Å². The number of rotatable bonds is 3. The van der Waals surface area contributed by atoms with Gasteiger partial charge in [-0.3, -0.25) is 9.59 Å². The van der Waals surface area contributed by atoms with Crippen molar-refractivity contribution in [3.8, 4) is 11.5 Å². The van der Waals surface area contributed by atoms with Crippen molar-refractivity contribution >= 4 is 11.8 Å². The number of nitrogens with one attached hydrogen (secondary N) is 1. The van der Waals surface area contributed by atoms with Crippen molar-refractivity contribution in [2.24, 2.45) is 5.41 Å². The summed E-state index contributed by atoms with van der Waals surface area (Å²) in [5.74, 6) is 1.38. The third kappa shape index (κ3) is 4.09. The van der Waals surface area contributed by atoms with E-state index in [1.54, 1.807) is 6.07 Å². The molecular formula is C21H28N2O5. The zero-order valence-corrected chi connectivity index (χ0v) is 16.4. The zero-order valence-electron chi connectivity index (χ0n) is 16.4. The third-order valence-electron chi connectivity index (χ3n) is 6.10. The molecule has 0 aromatic heterocycles. The molecule has 1 atom stereocenters. The van der Waals surface area contributed by atoms with Gasteiger partial charge in [-0.05, 0) is 49.3 Å². The summed E-state index contributed by atoms with van der Waals surface area (Å²) in [5.41, 5.74) is 0.812. The fourth-order valence-electron chi connectivity index (χ4n) is 4.27. The van der Waals surface area contributed by atoms with E-state index in [-0.39, 0.29) is 23.3 Å². The van der Waals surface area contributed by atoms with Gasteiger partial charge in [-0.25, -0.2) is 0 Å². The van der Waals surface area contributed by atoms with Crippen LogP contribution in [0.1, 0.15) is 43.0 Å². The summed E-state index contributed by atoms with van der Waals surface area (Å²) in [4.78, 5) is 25.9. The van der Waals surface area contributed by atoms with Gasteiger partial charge in [0.05, 0.1) is 12.7 Å². The number of benzene rings is 1. The molecule has 7 nitrogen and oxygen atoms in total. The van der Waals surface area contributed by atoms with Crippen LogP contribution in [0.25, 0.3) is 0 Å². The van der Waals surface area contributed by atoms with Gasteiger partial charge in [0.1, 0.15) is 13.2 Å². The summed E-state index contributed by atoms with van der Waals surface area (Å²) in [5, 5.41) is 2.83. The average molecular weight is 388 g/mol. The number of carbonyl (C=O) groups is 2. The predicted octanol–water partition coefficient (Wildman–Crippen LogP) is 2.00. The lowest BCUT2D eigenvalue weighted by Crippen LogP contribution is -2.48. The molecule has 1 aromatic carbocycles. The van der Waals surface area contributed by atoms with Crippen LogP contribution in [-0.4, -0.2) is 62.3 Å². The third-order valence-corrected chi connectivity index (χ3v) is 6.10. The van der Waals surface area contributed by atoms with E-state index in [0.29, 0.717) is 43.4 Å². The minimum absolute atomic E-state index is 0.0187. The van der Waals surface area contributed by atoms with Gasteiger partial charge >= 0.3 is 0 Å². The Kier molecular flexibility index (Phi) is 5.44. The smallest absolute Gasteiger partial charge is 0.253 e. The summed E-state index contributed by atoms with van der Waals surface area (Å²) < 4.78 is 17.1. The number of hydrogen-bond acceptors (Lipinski definition) is 5. The Morgan fingerprint density at radius 3 is 2.57 bits per heavy atom. The van der Waals surface area contributed by atoms with Crippen molar-refractivity contribution in [1.29, 1.82) is 0 Å². The van der Waals surface area contributed by atoms with Crippen molar-refractivity contribution in [3.05, 3.63) is 23.8 Å². The predicted molar refractivity (Wildman–Crippen MR) is 103 cm³/mol. The maximum Gasteiger partial charge on any atom is 0.253 e. The maximum absolute atomic E-state index is 12.9. The summed E-state index contributed by atoms with van der Waals surface area (Å²) in [6.07, 6.45) is 4.05. The first kappa shape index (κ1) is 19.1. The van der Waals surface area contributed by atoms with Crippen LogP contribution in [0, 0.1) is 5.41 Å². The first-order chi connectivity index (χ1) is 13.5. The van der Waals surface area contributed by atoms with Gasteiger partial charge < -0.3 is 24.4 Å². The molecule has 7 heteroatoms. The van der Waals surface area contributed by atoms with Gasteiger partial charge in [-0.15, -0.1) is 0 Å². The fraction of sp³-hybridized carbons (Fsp3) is 0.619. The first-order valence-corrected chi connectivity index (χ1v) is 10.1. The van der Waals surface area contributed by atoms with Crippen LogP contribution < -0.4 is 14.8 Å². The molecule has 3 heterocycles. The number of nitrogens with zero attached hydrogens (tertiary/aromatic N) is 1. The molecule has 1 spiro atoms. The van der Waals surface area contributed by atoms with E-state index in [2.05, 4.69) is 5.32 Å². The molecule has 0 radical (unpaired) electrons. The molecule has 3 aliphatic heterocycles. The average Bonchev–Trinajstić information content (AvgIpc) is 2.73. The minimum Gasteiger partial charge on any atom is -0.486 e. The van der Waals surface area contributed by atoms with Crippen LogP contribution in [0.15, 0.2) is 18.2 Å². The summed E-state index contributed by atoms with van der Waals surface area (Å²) in [7, 11) is 0. The topological polar surface area (TPSA) is 77.1 Å². The number of amides is 2. The first-order valence-electron chi connectivity index (χ1n) is 10.1. The highest BCUT2D eigenvalue weighted by Gasteiger charge is 2.40. The molecule has 0 saturated carbocycles. The Labute approximate surface area is 165 Å². The molecule has 2 amide bonds. The van der Waals surface area contributed by atoms with E-state index in [1.807, 2.05) is 17.0 Å². The quantitative estimate of drug-likeness (QED) is 0.857. The zero-order chi connectivity index (χ0) is 19.6. The molecule has 1 aromatic rings. The lowest BCUT2D eigenvalue weighted by atomic mass is 9.73. The van der Waals surface area contributed by atoms with E-state index in [9.17, 15) is 9.59 Å². The van der Waals surface area contributed by atoms with Crippen LogP contribution in [0.3, 0.4) is 0 Å². The number of hydrogen-bond donors (Lipinski definition) is 1. The van der Waals surface area contributed by atoms with Gasteiger partial charge in [0.25, 0.3) is 5.91 Å². The van der Waals surface area contributed by atoms with E-state index < -0.39 is 0 Å². The van der Waals surface area contributed by atoms with E-state index in [4.69, 9.17) is 14.2 Å². The van der Waals surface area contributed by atoms with Crippen molar-refractivity contribution < 1.29 is 23.8 Å². The number of ether oxygens (including phenoxy) is 3. The molecule has 3 aliphatic rings. The SMILES string of the molecule is CC(=O)NCC1CCC2(CCN(C(=O)c3ccc4c(c3)OCCO4)CC2)CO1.